The molecule has 0 radical (unpaired) electrons. The average Bonchev–Trinajstić information content (AvgIpc) is 2.96. The van der Waals surface area contributed by atoms with E-state index in [2.05, 4.69) is 5.16 Å². The van der Waals surface area contributed by atoms with Gasteiger partial charge in [0.15, 0.2) is 18.0 Å². The van der Waals surface area contributed by atoms with Crippen molar-refractivity contribution >= 4 is 34.3 Å². The number of aromatic nitrogens is 1. The summed E-state index contributed by atoms with van der Waals surface area (Å²) in [5.74, 6) is -0.827. The fourth-order valence-corrected chi connectivity index (χ4v) is 2.24. The van der Waals surface area contributed by atoms with Gasteiger partial charge in [-0.05, 0) is 36.4 Å². The Morgan fingerprint density at radius 3 is 2.61 bits per heavy atom. The van der Waals surface area contributed by atoms with Crippen LogP contribution in [0.3, 0.4) is 0 Å². The van der Waals surface area contributed by atoms with Crippen molar-refractivity contribution in [3.8, 4) is 0 Å². The Bertz CT molecular complexity index is 854. The van der Waals surface area contributed by atoms with Crippen molar-refractivity contribution in [1.29, 1.82) is 0 Å². The maximum absolute atomic E-state index is 11.9. The van der Waals surface area contributed by atoms with E-state index in [1.807, 2.05) is 18.2 Å². The highest BCUT2D eigenvalue weighted by Crippen LogP contribution is 2.18. The molecule has 0 unspecified atom stereocenters. The van der Waals surface area contributed by atoms with Crippen molar-refractivity contribution in [2.45, 2.75) is 6.42 Å². The number of fused-ring (bicyclic) bond motifs is 1. The van der Waals surface area contributed by atoms with E-state index in [-0.39, 0.29) is 18.8 Å². The Morgan fingerprint density at radius 2 is 1.83 bits per heavy atom. The third-order valence-electron chi connectivity index (χ3n) is 3.29. The predicted molar refractivity (Wildman–Crippen MR) is 84.5 cm³/mol. The topological polar surface area (TPSA) is 69.4 Å². The lowest BCUT2D eigenvalue weighted by atomic mass is 10.1. The number of ether oxygens (including phenoxy) is 1. The van der Waals surface area contributed by atoms with E-state index < -0.39 is 5.97 Å². The molecule has 0 bridgehead atoms. The van der Waals surface area contributed by atoms with Crippen LogP contribution in [-0.4, -0.2) is 23.5 Å². The number of carbonyl (C=O) groups is 2. The van der Waals surface area contributed by atoms with Gasteiger partial charge >= 0.3 is 5.97 Å². The van der Waals surface area contributed by atoms with Gasteiger partial charge in [0.1, 0.15) is 5.69 Å². The predicted octanol–water partition coefficient (Wildman–Crippen LogP) is 3.45. The summed E-state index contributed by atoms with van der Waals surface area (Å²) in [4.78, 5) is 23.8. The van der Waals surface area contributed by atoms with Gasteiger partial charge < -0.3 is 9.26 Å². The molecule has 0 spiro atoms. The van der Waals surface area contributed by atoms with Crippen LogP contribution in [0.4, 0.5) is 0 Å². The summed E-state index contributed by atoms with van der Waals surface area (Å²) in [6.07, 6.45) is -0.0507. The fraction of sp³-hybridized carbons (Fsp3) is 0.118. The molecule has 23 heavy (non-hydrogen) atoms. The largest absolute Gasteiger partial charge is 0.457 e. The minimum Gasteiger partial charge on any atom is -0.457 e. The average molecular weight is 330 g/mol. The highest BCUT2D eigenvalue weighted by molar-refractivity contribution is 6.30. The molecule has 0 saturated heterocycles. The molecule has 3 rings (SSSR count). The molecule has 3 aromatic rings. The number of esters is 1. The minimum absolute atomic E-state index is 0.0507. The van der Waals surface area contributed by atoms with Gasteiger partial charge in [0.25, 0.3) is 0 Å². The SMILES string of the molecule is O=C(Cc1noc2ccccc12)OCC(=O)c1ccc(Cl)cc1. The molecule has 2 aromatic carbocycles. The first kappa shape index (κ1) is 15.2. The van der Waals surface area contributed by atoms with Crippen molar-refractivity contribution in [2.24, 2.45) is 0 Å². The second-order valence-corrected chi connectivity index (χ2v) is 5.33. The van der Waals surface area contributed by atoms with E-state index >= 15 is 0 Å². The van der Waals surface area contributed by atoms with Crippen molar-refractivity contribution < 1.29 is 18.8 Å². The summed E-state index contributed by atoms with van der Waals surface area (Å²) < 4.78 is 10.1. The zero-order valence-corrected chi connectivity index (χ0v) is 12.7. The number of halogens is 1. The first-order valence-electron chi connectivity index (χ1n) is 6.91. The lowest BCUT2D eigenvalue weighted by molar-refractivity contribution is -0.141. The van der Waals surface area contributed by atoms with Crippen LogP contribution in [0.15, 0.2) is 53.1 Å². The quantitative estimate of drug-likeness (QED) is 0.529. The standard InChI is InChI=1S/C17H12ClNO4/c18-12-7-5-11(6-8-12)15(20)10-22-17(21)9-14-13-3-1-2-4-16(13)23-19-14/h1-8H,9-10H2. The zero-order chi connectivity index (χ0) is 16.2. The lowest BCUT2D eigenvalue weighted by Crippen LogP contribution is -2.15. The van der Waals surface area contributed by atoms with E-state index in [1.165, 1.54) is 0 Å². The maximum Gasteiger partial charge on any atom is 0.312 e. The fourth-order valence-electron chi connectivity index (χ4n) is 2.12. The van der Waals surface area contributed by atoms with E-state index in [0.717, 1.165) is 5.39 Å². The molecular formula is C17H12ClNO4. The highest BCUT2D eigenvalue weighted by atomic mass is 35.5. The molecule has 5 nitrogen and oxygen atoms in total. The third kappa shape index (κ3) is 3.57. The molecule has 116 valence electrons. The molecule has 0 amide bonds. The Kier molecular flexibility index (Phi) is 4.39. The number of hydrogen-bond donors (Lipinski definition) is 0. The van der Waals surface area contributed by atoms with Crippen LogP contribution in [-0.2, 0) is 16.0 Å². The first-order valence-corrected chi connectivity index (χ1v) is 7.29. The van der Waals surface area contributed by atoms with Gasteiger partial charge in [-0.1, -0.05) is 28.9 Å². The normalized spacial score (nSPS) is 10.7. The van der Waals surface area contributed by atoms with Crippen LogP contribution in [0.2, 0.25) is 5.02 Å². The van der Waals surface area contributed by atoms with Gasteiger partial charge in [-0.3, -0.25) is 9.59 Å². The molecule has 1 heterocycles. The second-order valence-electron chi connectivity index (χ2n) is 4.89. The number of ketones is 1. The van der Waals surface area contributed by atoms with Gasteiger partial charge in [0.2, 0.25) is 0 Å². The lowest BCUT2D eigenvalue weighted by Gasteiger charge is -2.03. The molecule has 0 atom stereocenters. The van der Waals surface area contributed by atoms with Gasteiger partial charge in [-0.15, -0.1) is 0 Å². The van der Waals surface area contributed by atoms with E-state index in [1.54, 1.807) is 30.3 Å². The summed E-state index contributed by atoms with van der Waals surface area (Å²) in [6, 6.07) is 13.6. The van der Waals surface area contributed by atoms with Crippen LogP contribution >= 0.6 is 11.6 Å². The van der Waals surface area contributed by atoms with E-state index in [4.69, 9.17) is 20.9 Å². The minimum atomic E-state index is -0.536. The third-order valence-corrected chi connectivity index (χ3v) is 3.55. The summed E-state index contributed by atoms with van der Waals surface area (Å²) in [5, 5.41) is 5.15. The van der Waals surface area contributed by atoms with Crippen molar-refractivity contribution in [1.82, 2.24) is 5.16 Å². The second kappa shape index (κ2) is 6.62. The number of carbonyl (C=O) groups excluding carboxylic acids is 2. The van der Waals surface area contributed by atoms with Crippen LogP contribution in [0.5, 0.6) is 0 Å². The smallest absolute Gasteiger partial charge is 0.312 e. The van der Waals surface area contributed by atoms with E-state index in [9.17, 15) is 9.59 Å². The Hall–Kier alpha value is -2.66. The van der Waals surface area contributed by atoms with Crippen LogP contribution < -0.4 is 0 Å². The van der Waals surface area contributed by atoms with Crippen LogP contribution in [0.25, 0.3) is 11.0 Å². The molecular weight excluding hydrogens is 318 g/mol. The van der Waals surface area contributed by atoms with Crippen molar-refractivity contribution in [2.75, 3.05) is 6.61 Å². The number of para-hydroxylation sites is 1. The van der Waals surface area contributed by atoms with E-state index in [0.29, 0.717) is 21.9 Å². The molecule has 0 fully saturated rings. The maximum atomic E-state index is 11.9. The number of benzene rings is 2. The molecule has 0 saturated carbocycles. The number of Topliss-reactive ketones (excluding diaryl/α,β-unsaturated/α-hetero) is 1. The molecule has 0 aliphatic rings. The van der Waals surface area contributed by atoms with Gasteiger partial charge in [-0.2, -0.15) is 0 Å². The summed E-state index contributed by atoms with van der Waals surface area (Å²) >= 11 is 5.76. The Balaban J connectivity index is 1.59. The molecule has 6 heteroatoms. The van der Waals surface area contributed by atoms with Crippen molar-refractivity contribution in [3.05, 3.63) is 64.8 Å². The number of nitrogens with zero attached hydrogens (tertiary/aromatic N) is 1. The van der Waals surface area contributed by atoms with Gasteiger partial charge in [0, 0.05) is 16.0 Å². The molecule has 1 aromatic heterocycles. The summed E-state index contributed by atoms with van der Waals surface area (Å²) in [7, 11) is 0. The Morgan fingerprint density at radius 1 is 1.09 bits per heavy atom. The Labute approximate surface area is 136 Å². The van der Waals surface area contributed by atoms with Crippen LogP contribution in [0, 0.1) is 0 Å². The van der Waals surface area contributed by atoms with Gasteiger partial charge in [-0.25, -0.2) is 0 Å². The van der Waals surface area contributed by atoms with Crippen LogP contribution in [0.1, 0.15) is 16.1 Å². The highest BCUT2D eigenvalue weighted by Gasteiger charge is 2.15. The molecule has 0 aliphatic heterocycles. The monoisotopic (exact) mass is 329 g/mol. The first-order chi connectivity index (χ1) is 11.1. The summed E-state index contributed by atoms with van der Waals surface area (Å²) in [6.45, 7) is -0.323. The van der Waals surface area contributed by atoms with Gasteiger partial charge in [0.05, 0.1) is 6.42 Å². The molecule has 0 aliphatic carbocycles. The zero-order valence-electron chi connectivity index (χ0n) is 12.0. The number of rotatable bonds is 5. The van der Waals surface area contributed by atoms with Crippen molar-refractivity contribution in [3.63, 3.8) is 0 Å². The molecule has 0 N–H and O–H groups in total. The summed E-state index contributed by atoms with van der Waals surface area (Å²) in [5.41, 5.74) is 1.53. The number of hydrogen-bond acceptors (Lipinski definition) is 5.